The Bertz CT molecular complexity index is 800. The average Bonchev–Trinajstić information content (AvgIpc) is 2.85. The summed E-state index contributed by atoms with van der Waals surface area (Å²) < 4.78 is 6.16. The van der Waals surface area contributed by atoms with Crippen LogP contribution in [0.25, 0.3) is 5.57 Å². The molecule has 30 heavy (non-hydrogen) atoms. The zero-order valence-electron chi connectivity index (χ0n) is 19.6. The molecule has 0 aromatic heterocycles. The van der Waals surface area contributed by atoms with Crippen molar-refractivity contribution in [3.8, 4) is 0 Å². The molecule has 0 N–H and O–H groups in total. The Hall–Kier alpha value is -1.90. The van der Waals surface area contributed by atoms with Crippen LogP contribution in [0.15, 0.2) is 54.6 Å². The normalized spacial score (nSPS) is 13.9. The monoisotopic (exact) mass is 405 g/mol. The van der Waals surface area contributed by atoms with Gasteiger partial charge in [-0.25, -0.2) is 0 Å². The van der Waals surface area contributed by atoms with Crippen molar-refractivity contribution in [1.82, 2.24) is 4.90 Å². The van der Waals surface area contributed by atoms with E-state index < -0.39 is 0 Å². The summed E-state index contributed by atoms with van der Waals surface area (Å²) in [7, 11) is 2.21. The highest BCUT2D eigenvalue weighted by Crippen LogP contribution is 2.33. The van der Waals surface area contributed by atoms with Gasteiger partial charge in [-0.3, -0.25) is 0 Å². The van der Waals surface area contributed by atoms with Gasteiger partial charge in [-0.1, -0.05) is 68.5 Å². The minimum absolute atomic E-state index is 0.113. The number of hydrogen-bond acceptors (Lipinski definition) is 2. The number of ether oxygens (including phenoxy) is 1. The third kappa shape index (κ3) is 6.30. The van der Waals surface area contributed by atoms with E-state index in [4.69, 9.17) is 4.74 Å². The third-order valence-electron chi connectivity index (χ3n) is 5.98. The van der Waals surface area contributed by atoms with Gasteiger partial charge in [-0.2, -0.15) is 0 Å². The van der Waals surface area contributed by atoms with Crippen molar-refractivity contribution < 1.29 is 4.74 Å². The predicted molar refractivity (Wildman–Crippen MR) is 129 cm³/mol. The second-order valence-corrected chi connectivity index (χ2v) is 9.75. The summed E-state index contributed by atoms with van der Waals surface area (Å²) in [6, 6.07) is 17.8. The fourth-order valence-corrected chi connectivity index (χ4v) is 4.41. The SMILES string of the molecule is CC(C)CCOC(C)(C)CN(C)CCC=C1c2ccccc2CCc2ccccc21. The number of benzene rings is 2. The molecule has 0 saturated carbocycles. The Morgan fingerprint density at radius 1 is 0.967 bits per heavy atom. The Balaban J connectivity index is 1.67. The zero-order chi connectivity index (χ0) is 21.6. The number of aryl methyl sites for hydroxylation is 2. The summed E-state index contributed by atoms with van der Waals surface area (Å²) in [6.45, 7) is 11.7. The molecule has 0 saturated heterocycles. The lowest BCUT2D eigenvalue weighted by molar-refractivity contribution is -0.0396. The number of hydrogen-bond donors (Lipinski definition) is 0. The van der Waals surface area contributed by atoms with Crippen LogP contribution in [0.3, 0.4) is 0 Å². The van der Waals surface area contributed by atoms with Crippen molar-refractivity contribution in [1.29, 1.82) is 0 Å². The van der Waals surface area contributed by atoms with E-state index in [9.17, 15) is 0 Å². The van der Waals surface area contributed by atoms with Crippen LogP contribution in [0.4, 0.5) is 0 Å². The van der Waals surface area contributed by atoms with Gasteiger partial charge >= 0.3 is 0 Å². The van der Waals surface area contributed by atoms with Gasteiger partial charge in [0.25, 0.3) is 0 Å². The Morgan fingerprint density at radius 2 is 1.53 bits per heavy atom. The maximum atomic E-state index is 6.16. The molecule has 3 rings (SSSR count). The Kier molecular flexibility index (Phi) is 7.91. The van der Waals surface area contributed by atoms with E-state index in [0.29, 0.717) is 5.92 Å². The second kappa shape index (κ2) is 10.4. The van der Waals surface area contributed by atoms with Crippen LogP contribution < -0.4 is 0 Å². The second-order valence-electron chi connectivity index (χ2n) is 9.75. The Morgan fingerprint density at radius 3 is 2.10 bits per heavy atom. The summed E-state index contributed by atoms with van der Waals surface area (Å²) in [5, 5.41) is 0. The minimum atomic E-state index is -0.113. The lowest BCUT2D eigenvalue weighted by Gasteiger charge is -2.30. The largest absolute Gasteiger partial charge is 0.374 e. The number of nitrogens with zero attached hydrogens (tertiary/aromatic N) is 1. The van der Waals surface area contributed by atoms with E-state index in [1.54, 1.807) is 0 Å². The highest BCUT2D eigenvalue weighted by molar-refractivity contribution is 5.83. The van der Waals surface area contributed by atoms with Gasteiger partial charge in [-0.15, -0.1) is 0 Å². The number of rotatable bonds is 9. The highest BCUT2D eigenvalue weighted by Gasteiger charge is 2.21. The number of fused-ring (bicyclic) bond motifs is 2. The molecule has 0 heterocycles. The standard InChI is InChI=1S/C28H39NO/c1-22(2)18-20-30-28(3,4)21-29(5)19-10-15-27-25-13-8-6-11-23(25)16-17-24-12-7-9-14-26(24)27/h6-9,11-15,22H,10,16-21H2,1-5H3. The maximum Gasteiger partial charge on any atom is 0.0752 e. The van der Waals surface area contributed by atoms with Crippen LogP contribution in [0.2, 0.25) is 0 Å². The van der Waals surface area contributed by atoms with E-state index >= 15 is 0 Å². The van der Waals surface area contributed by atoms with Crippen LogP contribution in [0, 0.1) is 5.92 Å². The molecule has 0 unspecified atom stereocenters. The summed E-state index contributed by atoms with van der Waals surface area (Å²) in [6.07, 6.45) is 6.85. The maximum absolute atomic E-state index is 6.16. The van der Waals surface area contributed by atoms with Gasteiger partial charge in [0, 0.05) is 19.7 Å². The van der Waals surface area contributed by atoms with E-state index in [0.717, 1.165) is 45.4 Å². The van der Waals surface area contributed by atoms with E-state index in [1.165, 1.54) is 27.8 Å². The van der Waals surface area contributed by atoms with E-state index in [-0.39, 0.29) is 5.60 Å². The molecule has 0 spiro atoms. The lowest BCUT2D eigenvalue weighted by atomic mass is 9.93. The summed E-state index contributed by atoms with van der Waals surface area (Å²) in [5.41, 5.74) is 7.03. The van der Waals surface area contributed by atoms with Gasteiger partial charge in [0.2, 0.25) is 0 Å². The predicted octanol–water partition coefficient (Wildman–Crippen LogP) is 6.38. The quantitative estimate of drug-likeness (QED) is 0.480. The van der Waals surface area contributed by atoms with Gasteiger partial charge in [0.15, 0.2) is 0 Å². The molecule has 162 valence electrons. The van der Waals surface area contributed by atoms with Crippen LogP contribution in [-0.2, 0) is 17.6 Å². The number of likely N-dealkylation sites (N-methyl/N-ethyl adjacent to an activating group) is 1. The van der Waals surface area contributed by atoms with E-state index in [2.05, 4.69) is 94.2 Å². The molecule has 2 nitrogen and oxygen atoms in total. The van der Waals surface area contributed by atoms with Crippen molar-refractivity contribution in [2.24, 2.45) is 5.92 Å². The fraction of sp³-hybridized carbons (Fsp3) is 0.500. The summed E-state index contributed by atoms with van der Waals surface area (Å²) >= 11 is 0. The third-order valence-corrected chi connectivity index (χ3v) is 5.98. The van der Waals surface area contributed by atoms with Crippen molar-refractivity contribution in [3.05, 3.63) is 76.9 Å². The van der Waals surface area contributed by atoms with Crippen LogP contribution in [0.1, 0.15) is 62.8 Å². The molecule has 0 bridgehead atoms. The van der Waals surface area contributed by atoms with Crippen molar-refractivity contribution in [2.45, 2.75) is 59.0 Å². The molecule has 0 aliphatic heterocycles. The lowest BCUT2D eigenvalue weighted by Crippen LogP contribution is -2.39. The van der Waals surface area contributed by atoms with Gasteiger partial charge in [0.05, 0.1) is 5.60 Å². The molecule has 2 aromatic rings. The first-order valence-corrected chi connectivity index (χ1v) is 11.5. The average molecular weight is 406 g/mol. The summed E-state index contributed by atoms with van der Waals surface area (Å²) in [5.74, 6) is 0.690. The van der Waals surface area contributed by atoms with Crippen LogP contribution in [-0.4, -0.2) is 37.2 Å². The molecule has 1 aliphatic carbocycles. The van der Waals surface area contributed by atoms with Gasteiger partial charge < -0.3 is 9.64 Å². The first kappa shape index (κ1) is 22.8. The molecule has 0 radical (unpaired) electrons. The molecular formula is C28H39NO. The molecule has 2 aromatic carbocycles. The Labute approximate surface area is 184 Å². The van der Waals surface area contributed by atoms with E-state index in [1.807, 2.05) is 0 Å². The zero-order valence-corrected chi connectivity index (χ0v) is 19.6. The van der Waals surface area contributed by atoms with Crippen molar-refractivity contribution in [2.75, 3.05) is 26.7 Å². The topological polar surface area (TPSA) is 12.5 Å². The first-order chi connectivity index (χ1) is 14.4. The van der Waals surface area contributed by atoms with Crippen LogP contribution >= 0.6 is 0 Å². The fourth-order valence-electron chi connectivity index (χ4n) is 4.41. The molecule has 0 amide bonds. The van der Waals surface area contributed by atoms with Crippen molar-refractivity contribution >= 4 is 5.57 Å². The minimum Gasteiger partial charge on any atom is -0.374 e. The van der Waals surface area contributed by atoms with Gasteiger partial charge in [-0.05, 0) is 80.3 Å². The van der Waals surface area contributed by atoms with Crippen LogP contribution in [0.5, 0.6) is 0 Å². The molecule has 1 aliphatic rings. The smallest absolute Gasteiger partial charge is 0.0752 e. The highest BCUT2D eigenvalue weighted by atomic mass is 16.5. The molecule has 0 atom stereocenters. The molecule has 2 heteroatoms. The molecular weight excluding hydrogens is 366 g/mol. The molecule has 0 fully saturated rings. The van der Waals surface area contributed by atoms with Gasteiger partial charge in [0.1, 0.15) is 0 Å². The van der Waals surface area contributed by atoms with Crippen molar-refractivity contribution in [3.63, 3.8) is 0 Å². The summed E-state index contributed by atoms with van der Waals surface area (Å²) in [4.78, 5) is 2.40. The first-order valence-electron chi connectivity index (χ1n) is 11.5.